The van der Waals surface area contributed by atoms with E-state index in [1.54, 1.807) is 10.6 Å². The van der Waals surface area contributed by atoms with Crippen molar-refractivity contribution < 1.29 is 9.53 Å². The lowest BCUT2D eigenvalue weighted by atomic mass is 10.1. The van der Waals surface area contributed by atoms with Gasteiger partial charge in [0.1, 0.15) is 0 Å². The normalized spacial score (nSPS) is 19.1. The van der Waals surface area contributed by atoms with Gasteiger partial charge in [-0.05, 0) is 42.5 Å². The molecule has 104 valence electrons. The molecule has 2 heterocycles. The Hall–Kier alpha value is -1.13. The average Bonchev–Trinajstić information content (AvgIpc) is 2.83. The highest BCUT2D eigenvalue weighted by Gasteiger charge is 2.21. The van der Waals surface area contributed by atoms with Gasteiger partial charge in [-0.2, -0.15) is 0 Å². The van der Waals surface area contributed by atoms with Crippen LogP contribution in [0.25, 0.3) is 0 Å². The molecule has 0 bridgehead atoms. The van der Waals surface area contributed by atoms with E-state index in [2.05, 4.69) is 0 Å². The predicted octanol–water partition coefficient (Wildman–Crippen LogP) is 2.53. The minimum Gasteiger partial charge on any atom is -0.376 e. The van der Waals surface area contributed by atoms with Crippen LogP contribution in [0, 0.1) is 0 Å². The summed E-state index contributed by atoms with van der Waals surface area (Å²) >= 11 is 5.45. The third-order valence-electron chi connectivity index (χ3n) is 3.42. The predicted molar refractivity (Wildman–Crippen MR) is 73.9 cm³/mol. The van der Waals surface area contributed by atoms with Gasteiger partial charge in [0.05, 0.1) is 18.2 Å². The highest BCUT2D eigenvalue weighted by atomic mass is 35.5. The van der Waals surface area contributed by atoms with Crippen LogP contribution in [-0.2, 0) is 11.3 Å². The summed E-state index contributed by atoms with van der Waals surface area (Å²) in [5.41, 5.74) is 0.618. The van der Waals surface area contributed by atoms with Gasteiger partial charge in [-0.25, -0.2) is 0 Å². The molecular formula is C14H18ClNO3. The molecule has 1 aromatic heterocycles. The van der Waals surface area contributed by atoms with Crippen molar-refractivity contribution in [2.45, 2.75) is 45.3 Å². The highest BCUT2D eigenvalue weighted by molar-refractivity contribution is 6.67. The molecule has 5 heteroatoms. The average molecular weight is 284 g/mol. The molecule has 0 aromatic carbocycles. The lowest BCUT2D eigenvalue weighted by molar-refractivity contribution is 0.0948. The van der Waals surface area contributed by atoms with Crippen LogP contribution in [0.4, 0.5) is 0 Å². The fourth-order valence-corrected chi connectivity index (χ4v) is 2.57. The van der Waals surface area contributed by atoms with Gasteiger partial charge < -0.3 is 9.30 Å². The van der Waals surface area contributed by atoms with Gasteiger partial charge in [0.2, 0.25) is 0 Å². The molecule has 1 aliphatic rings. The summed E-state index contributed by atoms with van der Waals surface area (Å²) in [5.74, 6) is 0.202. The van der Waals surface area contributed by atoms with Gasteiger partial charge in [-0.3, -0.25) is 9.59 Å². The number of pyridine rings is 1. The second-order valence-electron chi connectivity index (χ2n) is 5.15. The summed E-state index contributed by atoms with van der Waals surface area (Å²) < 4.78 is 7.20. The summed E-state index contributed by atoms with van der Waals surface area (Å²) in [6.45, 7) is 5.26. The van der Waals surface area contributed by atoms with Crippen LogP contribution in [0.3, 0.4) is 0 Å². The summed E-state index contributed by atoms with van der Waals surface area (Å²) in [4.78, 5) is 23.6. The zero-order chi connectivity index (χ0) is 14.0. The number of aromatic nitrogens is 1. The zero-order valence-corrected chi connectivity index (χ0v) is 11.9. The third-order valence-corrected chi connectivity index (χ3v) is 3.63. The highest BCUT2D eigenvalue weighted by Crippen LogP contribution is 2.18. The lowest BCUT2D eigenvalue weighted by Crippen LogP contribution is -2.32. The fourth-order valence-electron chi connectivity index (χ4n) is 2.43. The van der Waals surface area contributed by atoms with Crippen molar-refractivity contribution in [2.75, 3.05) is 6.61 Å². The van der Waals surface area contributed by atoms with Crippen molar-refractivity contribution in [3.63, 3.8) is 0 Å². The first-order valence-corrected chi connectivity index (χ1v) is 6.93. The standard InChI is InChI=1S/C14H18ClNO3/c1-9(2)12-6-5-11(13(15)17)14(18)16(12)8-10-4-3-7-19-10/h5-6,9-10H,3-4,7-8H2,1-2H3. The maximum absolute atomic E-state index is 12.3. The number of hydrogen-bond acceptors (Lipinski definition) is 3. The Kier molecular flexibility index (Phi) is 4.42. The molecule has 1 atom stereocenters. The Balaban J connectivity index is 2.43. The van der Waals surface area contributed by atoms with Gasteiger partial charge >= 0.3 is 0 Å². The van der Waals surface area contributed by atoms with Crippen LogP contribution in [0.5, 0.6) is 0 Å². The van der Waals surface area contributed by atoms with Gasteiger partial charge in [-0.1, -0.05) is 13.8 Å². The fraction of sp³-hybridized carbons (Fsp3) is 0.571. The van der Waals surface area contributed by atoms with E-state index in [-0.39, 0.29) is 23.1 Å². The number of nitrogens with zero attached hydrogens (tertiary/aromatic N) is 1. The molecule has 19 heavy (non-hydrogen) atoms. The van der Waals surface area contributed by atoms with Crippen molar-refractivity contribution in [3.05, 3.63) is 33.7 Å². The molecular weight excluding hydrogens is 266 g/mol. The van der Waals surface area contributed by atoms with Crippen LogP contribution in [0.1, 0.15) is 48.7 Å². The number of carbonyl (C=O) groups is 1. The van der Waals surface area contributed by atoms with Crippen molar-refractivity contribution in [2.24, 2.45) is 0 Å². The molecule has 1 saturated heterocycles. The van der Waals surface area contributed by atoms with Gasteiger partial charge in [0, 0.05) is 12.3 Å². The molecule has 0 saturated carbocycles. The maximum Gasteiger partial charge on any atom is 0.263 e. The van der Waals surface area contributed by atoms with E-state index in [1.165, 1.54) is 6.07 Å². The first-order valence-electron chi connectivity index (χ1n) is 6.56. The van der Waals surface area contributed by atoms with E-state index in [0.717, 1.165) is 25.1 Å². The van der Waals surface area contributed by atoms with E-state index in [9.17, 15) is 9.59 Å². The van der Waals surface area contributed by atoms with Crippen LogP contribution in [-0.4, -0.2) is 22.5 Å². The molecule has 1 unspecified atom stereocenters. The topological polar surface area (TPSA) is 48.3 Å². The summed E-state index contributed by atoms with van der Waals surface area (Å²) in [6, 6.07) is 3.32. The number of ether oxygens (including phenoxy) is 1. The quantitative estimate of drug-likeness (QED) is 0.798. The smallest absolute Gasteiger partial charge is 0.263 e. The van der Waals surface area contributed by atoms with E-state index >= 15 is 0 Å². The molecule has 0 spiro atoms. The first kappa shape index (κ1) is 14.3. The molecule has 1 fully saturated rings. The van der Waals surface area contributed by atoms with Gasteiger partial charge in [0.15, 0.2) is 0 Å². The largest absolute Gasteiger partial charge is 0.376 e. The van der Waals surface area contributed by atoms with E-state index < -0.39 is 5.24 Å². The molecule has 0 aliphatic carbocycles. The second-order valence-corrected chi connectivity index (χ2v) is 5.49. The number of rotatable bonds is 4. The van der Waals surface area contributed by atoms with Crippen molar-refractivity contribution in [3.8, 4) is 0 Å². The van der Waals surface area contributed by atoms with Crippen molar-refractivity contribution in [1.29, 1.82) is 0 Å². The Labute approximate surface area is 117 Å². The van der Waals surface area contributed by atoms with Gasteiger partial charge in [-0.15, -0.1) is 0 Å². The Bertz CT molecular complexity index is 530. The summed E-state index contributed by atoms with van der Waals surface area (Å²) in [7, 11) is 0. The molecule has 0 radical (unpaired) electrons. The Morgan fingerprint density at radius 2 is 2.26 bits per heavy atom. The Morgan fingerprint density at radius 1 is 1.53 bits per heavy atom. The molecule has 4 nitrogen and oxygen atoms in total. The number of carbonyl (C=O) groups excluding carboxylic acids is 1. The minimum absolute atomic E-state index is 0.0315. The summed E-state index contributed by atoms with van der Waals surface area (Å²) in [6.07, 6.45) is 2.02. The lowest BCUT2D eigenvalue weighted by Gasteiger charge is -2.19. The third kappa shape index (κ3) is 3.07. The molecule has 1 aromatic rings. The second kappa shape index (κ2) is 5.88. The van der Waals surface area contributed by atoms with Crippen LogP contribution in [0.15, 0.2) is 16.9 Å². The van der Waals surface area contributed by atoms with E-state index in [4.69, 9.17) is 16.3 Å². The Morgan fingerprint density at radius 3 is 2.79 bits per heavy atom. The monoisotopic (exact) mass is 283 g/mol. The van der Waals surface area contributed by atoms with Crippen LogP contribution >= 0.6 is 11.6 Å². The van der Waals surface area contributed by atoms with Crippen molar-refractivity contribution >= 4 is 16.8 Å². The molecule has 0 N–H and O–H groups in total. The van der Waals surface area contributed by atoms with Crippen LogP contribution < -0.4 is 5.56 Å². The molecule has 2 rings (SSSR count). The molecule has 1 aliphatic heterocycles. The van der Waals surface area contributed by atoms with E-state index in [0.29, 0.717) is 6.54 Å². The first-order chi connectivity index (χ1) is 9.00. The minimum atomic E-state index is -0.707. The summed E-state index contributed by atoms with van der Waals surface area (Å²) in [5, 5.41) is -0.707. The van der Waals surface area contributed by atoms with Crippen LogP contribution in [0.2, 0.25) is 0 Å². The maximum atomic E-state index is 12.3. The van der Waals surface area contributed by atoms with Gasteiger partial charge in [0.25, 0.3) is 10.8 Å². The SMILES string of the molecule is CC(C)c1ccc(C(=O)Cl)c(=O)n1CC1CCCO1. The van der Waals surface area contributed by atoms with E-state index in [1.807, 2.05) is 13.8 Å². The van der Waals surface area contributed by atoms with Crippen molar-refractivity contribution in [1.82, 2.24) is 4.57 Å². The number of hydrogen-bond donors (Lipinski definition) is 0. The number of halogens is 1. The molecule has 0 amide bonds. The zero-order valence-electron chi connectivity index (χ0n) is 11.2.